The van der Waals surface area contributed by atoms with Crippen LogP contribution in [0.3, 0.4) is 0 Å². The molecule has 32 heavy (non-hydrogen) atoms. The standard InChI is InChI=1S/C24H28O8/c1-11-9-14-21(2)8-7-12(25)10-13(21)15(26)17(27)23(14,4)16-18(28)32-24(5,20(30)31-6)19(29)22(11,16)3/h14,16,26H,1,7-10H2,2-6H3/t14-,16-,21+,22+,23-,24-/m1/s1. The first kappa shape index (κ1) is 22.4. The van der Waals surface area contributed by atoms with E-state index in [1.165, 1.54) is 13.8 Å². The van der Waals surface area contributed by atoms with E-state index in [2.05, 4.69) is 6.58 Å². The van der Waals surface area contributed by atoms with Crippen LogP contribution in [-0.2, 0) is 33.4 Å². The van der Waals surface area contributed by atoms with Crippen LogP contribution in [0.5, 0.6) is 0 Å². The third-order valence-corrected chi connectivity index (χ3v) is 8.85. The number of allylic oxidation sites excluding steroid dienone is 3. The highest BCUT2D eigenvalue weighted by Crippen LogP contribution is 2.69. The highest BCUT2D eigenvalue weighted by molar-refractivity contribution is 6.16. The van der Waals surface area contributed by atoms with Gasteiger partial charge in [-0.3, -0.25) is 19.2 Å². The normalized spacial score (nSPS) is 43.8. The van der Waals surface area contributed by atoms with E-state index in [1.807, 2.05) is 6.92 Å². The number of carbonyl (C=O) groups excluding carboxylic acids is 5. The number of methoxy groups -OCH3 is 1. The number of hydrogen-bond acceptors (Lipinski definition) is 8. The minimum atomic E-state index is -2.16. The number of ketones is 3. The minimum Gasteiger partial charge on any atom is -0.504 e. The number of ether oxygens (including phenoxy) is 2. The first-order chi connectivity index (χ1) is 14.7. The predicted octanol–water partition coefficient (Wildman–Crippen LogP) is 2.40. The highest BCUT2D eigenvalue weighted by atomic mass is 16.6. The molecule has 1 aliphatic heterocycles. The lowest BCUT2D eigenvalue weighted by atomic mass is 9.39. The molecule has 3 fully saturated rings. The third kappa shape index (κ3) is 2.30. The second-order valence-electron chi connectivity index (χ2n) is 10.3. The molecule has 8 heteroatoms. The summed E-state index contributed by atoms with van der Waals surface area (Å²) in [5, 5.41) is 10.9. The van der Waals surface area contributed by atoms with E-state index in [1.54, 1.807) is 6.92 Å². The molecule has 0 radical (unpaired) electrons. The van der Waals surface area contributed by atoms with E-state index in [4.69, 9.17) is 9.47 Å². The number of cyclic esters (lactones) is 1. The van der Waals surface area contributed by atoms with Gasteiger partial charge in [-0.2, -0.15) is 0 Å². The second kappa shape index (κ2) is 6.39. The van der Waals surface area contributed by atoms with Crippen molar-refractivity contribution in [2.24, 2.45) is 28.1 Å². The fourth-order valence-corrected chi connectivity index (χ4v) is 6.92. The molecule has 3 aliphatic carbocycles. The van der Waals surface area contributed by atoms with E-state index in [9.17, 15) is 29.1 Å². The van der Waals surface area contributed by atoms with Crippen LogP contribution in [0.15, 0.2) is 23.5 Å². The molecule has 0 spiro atoms. The Bertz CT molecular complexity index is 1050. The Morgan fingerprint density at radius 1 is 1.16 bits per heavy atom. The zero-order valence-electron chi connectivity index (χ0n) is 19.0. The molecule has 1 saturated heterocycles. The maximum Gasteiger partial charge on any atom is 0.358 e. The van der Waals surface area contributed by atoms with Crippen molar-refractivity contribution in [1.82, 2.24) is 0 Å². The van der Waals surface area contributed by atoms with Crippen molar-refractivity contribution in [3.63, 3.8) is 0 Å². The predicted molar refractivity (Wildman–Crippen MR) is 110 cm³/mol. The van der Waals surface area contributed by atoms with Gasteiger partial charge in [-0.05, 0) is 43.6 Å². The zero-order valence-corrected chi connectivity index (χ0v) is 19.0. The lowest BCUT2D eigenvalue weighted by Gasteiger charge is -2.63. The maximum absolute atomic E-state index is 13.7. The molecule has 0 amide bonds. The van der Waals surface area contributed by atoms with Crippen molar-refractivity contribution in [2.45, 2.75) is 59.0 Å². The van der Waals surface area contributed by atoms with Crippen LogP contribution in [0.2, 0.25) is 0 Å². The molecule has 0 unspecified atom stereocenters. The molecular weight excluding hydrogens is 416 g/mol. The van der Waals surface area contributed by atoms with Crippen LogP contribution < -0.4 is 0 Å². The van der Waals surface area contributed by atoms with Crippen molar-refractivity contribution < 1.29 is 38.6 Å². The van der Waals surface area contributed by atoms with Crippen molar-refractivity contribution in [2.75, 3.05) is 7.11 Å². The molecule has 1 heterocycles. The molecule has 6 atom stereocenters. The summed E-state index contributed by atoms with van der Waals surface area (Å²) in [5.74, 6) is -5.58. The summed E-state index contributed by atoms with van der Waals surface area (Å²) in [6, 6.07) is 0. The van der Waals surface area contributed by atoms with E-state index < -0.39 is 62.9 Å². The summed E-state index contributed by atoms with van der Waals surface area (Å²) in [7, 11) is 1.09. The molecule has 4 aliphatic rings. The van der Waals surface area contributed by atoms with Crippen molar-refractivity contribution in [1.29, 1.82) is 0 Å². The van der Waals surface area contributed by atoms with Crippen molar-refractivity contribution in [3.05, 3.63) is 23.5 Å². The maximum atomic E-state index is 13.7. The van der Waals surface area contributed by atoms with Crippen LogP contribution in [0.25, 0.3) is 0 Å². The van der Waals surface area contributed by atoms with Crippen molar-refractivity contribution >= 4 is 29.3 Å². The Balaban J connectivity index is 1.95. The molecule has 172 valence electrons. The van der Waals surface area contributed by atoms with E-state index in [-0.39, 0.29) is 18.6 Å². The number of carbonyl (C=O) groups is 5. The van der Waals surface area contributed by atoms with Gasteiger partial charge in [0.05, 0.1) is 23.9 Å². The fraction of sp³-hybridized carbons (Fsp3) is 0.625. The Morgan fingerprint density at radius 2 is 1.78 bits per heavy atom. The summed E-state index contributed by atoms with van der Waals surface area (Å²) in [6.07, 6.45) is 0.927. The first-order valence-electron chi connectivity index (χ1n) is 10.7. The third-order valence-electron chi connectivity index (χ3n) is 8.85. The molecule has 2 saturated carbocycles. The Labute approximate surface area is 186 Å². The van der Waals surface area contributed by atoms with Crippen LogP contribution in [-0.4, -0.2) is 47.1 Å². The zero-order chi connectivity index (χ0) is 24.0. The van der Waals surface area contributed by atoms with Gasteiger partial charge < -0.3 is 14.6 Å². The molecule has 0 aromatic carbocycles. The monoisotopic (exact) mass is 444 g/mol. The number of rotatable bonds is 1. The number of aliphatic hydroxyl groups excluding tert-OH is 1. The van der Waals surface area contributed by atoms with Gasteiger partial charge in [-0.1, -0.05) is 26.0 Å². The summed E-state index contributed by atoms with van der Waals surface area (Å²) in [5.41, 5.74) is -5.12. The average molecular weight is 444 g/mol. The fourth-order valence-electron chi connectivity index (χ4n) is 6.92. The van der Waals surface area contributed by atoms with Gasteiger partial charge in [0.15, 0.2) is 11.5 Å². The van der Waals surface area contributed by atoms with E-state index >= 15 is 0 Å². The summed E-state index contributed by atoms with van der Waals surface area (Å²) in [4.78, 5) is 65.3. The average Bonchev–Trinajstić information content (AvgIpc) is 2.73. The highest BCUT2D eigenvalue weighted by Gasteiger charge is 2.75. The van der Waals surface area contributed by atoms with Crippen LogP contribution in [0.1, 0.15) is 53.4 Å². The number of aliphatic hydroxyl groups is 1. The van der Waals surface area contributed by atoms with E-state index in [0.717, 1.165) is 7.11 Å². The Kier molecular flexibility index (Phi) is 4.48. The van der Waals surface area contributed by atoms with Crippen LogP contribution in [0, 0.1) is 28.1 Å². The smallest absolute Gasteiger partial charge is 0.358 e. The summed E-state index contributed by atoms with van der Waals surface area (Å²) >= 11 is 0. The Hall–Kier alpha value is -2.77. The summed E-state index contributed by atoms with van der Waals surface area (Å²) in [6.45, 7) is 10.3. The molecule has 0 aromatic heterocycles. The van der Waals surface area contributed by atoms with Gasteiger partial charge in [-0.15, -0.1) is 0 Å². The van der Waals surface area contributed by atoms with Gasteiger partial charge in [0.25, 0.3) is 5.60 Å². The second-order valence-corrected chi connectivity index (χ2v) is 10.3. The molecule has 4 rings (SSSR count). The summed E-state index contributed by atoms with van der Waals surface area (Å²) < 4.78 is 10.1. The van der Waals surface area contributed by atoms with Crippen LogP contribution >= 0.6 is 0 Å². The molecule has 0 bridgehead atoms. The molecule has 1 N–H and O–H groups in total. The number of Topliss-reactive ketones (excluding diaryl/α,β-unsaturated/α-hetero) is 3. The Morgan fingerprint density at radius 3 is 2.38 bits per heavy atom. The molecular formula is C24H28O8. The topological polar surface area (TPSA) is 124 Å². The van der Waals surface area contributed by atoms with Gasteiger partial charge in [0.2, 0.25) is 5.78 Å². The largest absolute Gasteiger partial charge is 0.504 e. The lowest BCUT2D eigenvalue weighted by Crippen LogP contribution is -2.71. The van der Waals surface area contributed by atoms with Gasteiger partial charge in [0.1, 0.15) is 5.78 Å². The van der Waals surface area contributed by atoms with Gasteiger partial charge in [-0.25, -0.2) is 4.79 Å². The molecule has 8 nitrogen and oxygen atoms in total. The quantitative estimate of drug-likeness (QED) is 0.371. The lowest BCUT2D eigenvalue weighted by molar-refractivity contribution is -0.213. The van der Waals surface area contributed by atoms with Gasteiger partial charge in [0, 0.05) is 12.8 Å². The number of fused-ring (bicyclic) bond motifs is 5. The SMILES string of the molecule is C=C1C[C@H]2[C@@](C)(C(=O)C(O)=C3CC(=O)CC[C@@]32C)[C@@H]2C(=O)O[C@@](C)(C(=O)OC)C(=O)[C@@]12C. The molecule has 0 aromatic rings. The van der Waals surface area contributed by atoms with Crippen molar-refractivity contribution in [3.8, 4) is 0 Å². The van der Waals surface area contributed by atoms with Crippen LogP contribution in [0.4, 0.5) is 0 Å². The number of hydrogen-bond donors (Lipinski definition) is 1. The van der Waals surface area contributed by atoms with Gasteiger partial charge >= 0.3 is 11.9 Å². The first-order valence-corrected chi connectivity index (χ1v) is 10.7. The minimum absolute atomic E-state index is 0.0150. The van der Waals surface area contributed by atoms with E-state index in [0.29, 0.717) is 24.0 Å². The number of esters is 2.